The summed E-state index contributed by atoms with van der Waals surface area (Å²) in [7, 11) is 0. The van der Waals surface area contributed by atoms with Gasteiger partial charge in [0.1, 0.15) is 0 Å². The summed E-state index contributed by atoms with van der Waals surface area (Å²) in [5, 5.41) is 0. The number of aromatic nitrogens is 3. The summed E-state index contributed by atoms with van der Waals surface area (Å²) < 4.78 is 0. The molecule has 9 aromatic rings. The van der Waals surface area contributed by atoms with Gasteiger partial charge in [0.25, 0.3) is 0 Å². The Bertz CT molecular complexity index is 2540. The number of rotatable bonds is 8. The molecule has 0 fully saturated rings. The molecule has 0 radical (unpaired) electrons. The Morgan fingerprint density at radius 2 is 0.481 bits per heavy atom. The van der Waals surface area contributed by atoms with Gasteiger partial charge in [-0.2, -0.15) is 0 Å². The summed E-state index contributed by atoms with van der Waals surface area (Å²) >= 11 is 0. The van der Waals surface area contributed by atoms with Crippen LogP contribution in [-0.4, -0.2) is 15.0 Å². The van der Waals surface area contributed by atoms with E-state index >= 15 is 0 Å². The van der Waals surface area contributed by atoms with Crippen molar-refractivity contribution in [1.29, 1.82) is 0 Å². The third-order valence-corrected chi connectivity index (χ3v) is 9.74. The van der Waals surface area contributed by atoms with Crippen molar-refractivity contribution in [3.63, 3.8) is 0 Å². The fourth-order valence-electron chi connectivity index (χ4n) is 6.96. The maximum absolute atomic E-state index is 5.02. The minimum absolute atomic E-state index is 0.634. The highest BCUT2D eigenvalue weighted by Crippen LogP contribution is 2.38. The Balaban J connectivity index is 1.13. The first-order valence-electron chi connectivity index (χ1n) is 18.2. The molecule has 0 aliphatic carbocycles. The molecule has 1 aromatic heterocycles. The Hall–Kier alpha value is -7.23. The van der Waals surface area contributed by atoms with Crippen molar-refractivity contribution >= 4 is 0 Å². The van der Waals surface area contributed by atoms with Crippen molar-refractivity contribution in [2.75, 3.05) is 0 Å². The zero-order chi connectivity index (χ0) is 36.1. The molecule has 0 N–H and O–H groups in total. The third-order valence-electron chi connectivity index (χ3n) is 9.74. The van der Waals surface area contributed by atoms with Crippen LogP contribution in [0.15, 0.2) is 212 Å². The van der Waals surface area contributed by atoms with Crippen molar-refractivity contribution in [2.45, 2.75) is 0 Å². The molecule has 0 unspecified atom stereocenters. The molecule has 0 saturated carbocycles. The number of nitrogens with zero attached hydrogens (tertiary/aromatic N) is 3. The van der Waals surface area contributed by atoms with Crippen LogP contribution < -0.4 is 0 Å². The minimum Gasteiger partial charge on any atom is -0.208 e. The minimum atomic E-state index is 0.634. The number of hydrogen-bond acceptors (Lipinski definition) is 3. The second kappa shape index (κ2) is 14.8. The fourth-order valence-corrected chi connectivity index (χ4v) is 6.96. The predicted molar refractivity (Wildman–Crippen MR) is 223 cm³/mol. The van der Waals surface area contributed by atoms with Gasteiger partial charge in [0.05, 0.1) is 0 Å². The lowest BCUT2D eigenvalue weighted by molar-refractivity contribution is 1.07. The van der Waals surface area contributed by atoms with Crippen LogP contribution in [0.2, 0.25) is 0 Å². The molecule has 0 spiro atoms. The summed E-state index contributed by atoms with van der Waals surface area (Å²) in [4.78, 5) is 14.9. The van der Waals surface area contributed by atoms with Crippen molar-refractivity contribution in [1.82, 2.24) is 15.0 Å². The van der Waals surface area contributed by atoms with Crippen LogP contribution in [0.5, 0.6) is 0 Å². The zero-order valence-electron chi connectivity index (χ0n) is 29.5. The Labute approximate surface area is 316 Å². The lowest BCUT2D eigenvalue weighted by atomic mass is 9.90. The summed E-state index contributed by atoms with van der Waals surface area (Å²) in [5.74, 6) is 1.92. The molecule has 0 amide bonds. The first-order chi connectivity index (χ1) is 26.7. The fraction of sp³-hybridized carbons (Fsp3) is 0. The first kappa shape index (κ1) is 32.7. The summed E-state index contributed by atoms with van der Waals surface area (Å²) in [5.41, 5.74) is 14.5. The van der Waals surface area contributed by atoms with Gasteiger partial charge in [0, 0.05) is 16.7 Å². The van der Waals surface area contributed by atoms with Gasteiger partial charge in [-0.25, -0.2) is 15.0 Å². The third kappa shape index (κ3) is 6.87. The van der Waals surface area contributed by atoms with Crippen LogP contribution in [0.25, 0.3) is 89.8 Å². The number of benzene rings is 8. The van der Waals surface area contributed by atoms with Gasteiger partial charge in [0.2, 0.25) is 0 Å². The maximum atomic E-state index is 5.02. The van der Waals surface area contributed by atoms with Gasteiger partial charge < -0.3 is 0 Å². The Morgan fingerprint density at radius 3 is 0.907 bits per heavy atom. The van der Waals surface area contributed by atoms with E-state index in [1.54, 1.807) is 0 Å². The largest absolute Gasteiger partial charge is 0.208 e. The van der Waals surface area contributed by atoms with Crippen LogP contribution in [0.4, 0.5) is 0 Å². The van der Waals surface area contributed by atoms with Crippen molar-refractivity contribution in [3.05, 3.63) is 212 Å². The van der Waals surface area contributed by atoms with Crippen LogP contribution >= 0.6 is 0 Å². The highest BCUT2D eigenvalue weighted by atomic mass is 15.0. The lowest BCUT2D eigenvalue weighted by Crippen LogP contribution is -2.00. The standard InChI is InChI=1S/C51H35N3/c1-6-16-36(17-7-1)44-32-45(37-18-8-2-9-19-37)34-46(33-44)38-26-28-40(29-27-38)47-31-30-43(35-48(47)39-20-10-3-11-21-39)51-53-49(41-22-12-4-13-23-41)52-50(54-51)42-24-14-5-15-25-42/h1-35H. The summed E-state index contributed by atoms with van der Waals surface area (Å²) in [6, 6.07) is 74.3. The summed E-state index contributed by atoms with van der Waals surface area (Å²) in [6.07, 6.45) is 0. The first-order valence-corrected chi connectivity index (χ1v) is 18.2. The molecular formula is C51H35N3. The van der Waals surface area contributed by atoms with E-state index in [0.717, 1.165) is 38.9 Å². The zero-order valence-corrected chi connectivity index (χ0v) is 29.5. The molecule has 0 aliphatic rings. The van der Waals surface area contributed by atoms with Gasteiger partial charge in [-0.1, -0.05) is 188 Å². The molecule has 3 nitrogen and oxygen atoms in total. The van der Waals surface area contributed by atoms with Crippen LogP contribution in [0.3, 0.4) is 0 Å². The molecule has 0 saturated heterocycles. The second-order valence-electron chi connectivity index (χ2n) is 13.3. The molecule has 9 rings (SSSR count). The lowest BCUT2D eigenvalue weighted by Gasteiger charge is -2.15. The van der Waals surface area contributed by atoms with Crippen LogP contribution in [0.1, 0.15) is 0 Å². The molecule has 0 aliphatic heterocycles. The average Bonchev–Trinajstić information content (AvgIpc) is 3.27. The van der Waals surface area contributed by atoms with E-state index in [1.165, 1.54) is 33.4 Å². The van der Waals surface area contributed by atoms with E-state index in [2.05, 4.69) is 152 Å². The van der Waals surface area contributed by atoms with Gasteiger partial charge in [-0.3, -0.25) is 0 Å². The average molecular weight is 690 g/mol. The van der Waals surface area contributed by atoms with E-state index in [1.807, 2.05) is 60.7 Å². The molecule has 3 heteroatoms. The van der Waals surface area contributed by atoms with Crippen LogP contribution in [-0.2, 0) is 0 Å². The van der Waals surface area contributed by atoms with E-state index in [4.69, 9.17) is 15.0 Å². The van der Waals surface area contributed by atoms with Gasteiger partial charge in [-0.15, -0.1) is 0 Å². The number of hydrogen-bond donors (Lipinski definition) is 0. The molecular weight excluding hydrogens is 655 g/mol. The second-order valence-corrected chi connectivity index (χ2v) is 13.3. The monoisotopic (exact) mass is 689 g/mol. The normalized spacial score (nSPS) is 11.0. The van der Waals surface area contributed by atoms with Gasteiger partial charge in [0.15, 0.2) is 17.5 Å². The van der Waals surface area contributed by atoms with E-state index in [0.29, 0.717) is 17.5 Å². The van der Waals surface area contributed by atoms with Crippen molar-refractivity contribution in [3.8, 4) is 89.8 Å². The van der Waals surface area contributed by atoms with Crippen molar-refractivity contribution < 1.29 is 0 Å². The molecule has 1 heterocycles. The van der Waals surface area contributed by atoms with E-state index in [9.17, 15) is 0 Å². The van der Waals surface area contributed by atoms with Crippen molar-refractivity contribution in [2.24, 2.45) is 0 Å². The quantitative estimate of drug-likeness (QED) is 0.159. The molecule has 8 aromatic carbocycles. The van der Waals surface area contributed by atoms with Gasteiger partial charge in [-0.05, 0) is 79.9 Å². The van der Waals surface area contributed by atoms with E-state index in [-0.39, 0.29) is 0 Å². The highest BCUT2D eigenvalue weighted by Gasteiger charge is 2.16. The van der Waals surface area contributed by atoms with E-state index < -0.39 is 0 Å². The predicted octanol–water partition coefficient (Wildman–Crippen LogP) is 13.2. The van der Waals surface area contributed by atoms with Gasteiger partial charge >= 0.3 is 0 Å². The molecule has 0 atom stereocenters. The molecule has 254 valence electrons. The maximum Gasteiger partial charge on any atom is 0.164 e. The Kier molecular flexibility index (Phi) is 8.94. The highest BCUT2D eigenvalue weighted by molar-refractivity contribution is 5.88. The summed E-state index contributed by atoms with van der Waals surface area (Å²) in [6.45, 7) is 0. The SMILES string of the molecule is c1ccc(-c2cc(-c3ccccc3)cc(-c3ccc(-c4ccc(-c5nc(-c6ccccc6)nc(-c6ccccc6)n5)cc4-c4ccccc4)cc3)c2)cc1. The Morgan fingerprint density at radius 1 is 0.185 bits per heavy atom. The molecule has 54 heavy (non-hydrogen) atoms. The van der Waals surface area contributed by atoms with Crippen LogP contribution in [0, 0.1) is 0 Å². The topological polar surface area (TPSA) is 38.7 Å². The smallest absolute Gasteiger partial charge is 0.164 e. The molecule has 0 bridgehead atoms.